The average Bonchev–Trinajstić information content (AvgIpc) is 2.63. The molecular formula is C19H27N3O2. The zero-order valence-electron chi connectivity index (χ0n) is 14.4. The van der Waals surface area contributed by atoms with Gasteiger partial charge in [-0.15, -0.1) is 0 Å². The van der Waals surface area contributed by atoms with E-state index in [1.165, 1.54) is 0 Å². The summed E-state index contributed by atoms with van der Waals surface area (Å²) in [5.74, 6) is 0.704. The lowest BCUT2D eigenvalue weighted by Crippen LogP contribution is -2.39. The Balaban J connectivity index is 1.70. The van der Waals surface area contributed by atoms with E-state index in [-0.39, 0.29) is 17.7 Å². The van der Waals surface area contributed by atoms with Crippen molar-refractivity contribution in [2.75, 3.05) is 31.5 Å². The quantitative estimate of drug-likeness (QED) is 0.896. The first-order valence-electron chi connectivity index (χ1n) is 9.05. The minimum absolute atomic E-state index is 0.00900. The number of carbonyl (C=O) groups excluding carboxylic acids is 2. The van der Waals surface area contributed by atoms with Gasteiger partial charge in [0.15, 0.2) is 0 Å². The van der Waals surface area contributed by atoms with Crippen molar-refractivity contribution in [3.05, 3.63) is 29.8 Å². The van der Waals surface area contributed by atoms with Crippen molar-refractivity contribution in [3.8, 4) is 0 Å². The molecule has 0 radical (unpaired) electrons. The molecule has 2 aliphatic heterocycles. The number of para-hydroxylation sites is 1. The first-order valence-corrected chi connectivity index (χ1v) is 9.05. The van der Waals surface area contributed by atoms with Crippen LogP contribution in [0.2, 0.25) is 0 Å². The van der Waals surface area contributed by atoms with Crippen LogP contribution in [-0.4, -0.2) is 42.9 Å². The molecule has 130 valence electrons. The predicted molar refractivity (Wildman–Crippen MR) is 95.0 cm³/mol. The molecule has 2 saturated heterocycles. The second-order valence-corrected chi connectivity index (χ2v) is 7.05. The van der Waals surface area contributed by atoms with Gasteiger partial charge in [-0.25, -0.2) is 0 Å². The molecule has 24 heavy (non-hydrogen) atoms. The third kappa shape index (κ3) is 3.96. The summed E-state index contributed by atoms with van der Waals surface area (Å²) in [7, 11) is 0. The van der Waals surface area contributed by atoms with Gasteiger partial charge in [0.2, 0.25) is 5.91 Å². The average molecular weight is 329 g/mol. The molecule has 1 aromatic rings. The largest absolute Gasteiger partial charge is 0.339 e. The maximum Gasteiger partial charge on any atom is 0.255 e. The van der Waals surface area contributed by atoms with E-state index in [4.69, 9.17) is 0 Å². The lowest BCUT2D eigenvalue weighted by atomic mass is 9.97. The molecule has 0 saturated carbocycles. The summed E-state index contributed by atoms with van der Waals surface area (Å²) >= 11 is 0. The van der Waals surface area contributed by atoms with Gasteiger partial charge >= 0.3 is 0 Å². The number of hydrogen-bond acceptors (Lipinski definition) is 3. The third-order valence-corrected chi connectivity index (χ3v) is 5.15. The molecule has 0 spiro atoms. The maximum atomic E-state index is 12.8. The molecule has 2 N–H and O–H groups in total. The number of rotatable bonds is 3. The molecule has 2 aliphatic rings. The number of amides is 2. The summed E-state index contributed by atoms with van der Waals surface area (Å²) < 4.78 is 0. The highest BCUT2D eigenvalue weighted by molar-refractivity contribution is 6.04. The lowest BCUT2D eigenvalue weighted by molar-refractivity contribution is -0.120. The summed E-state index contributed by atoms with van der Waals surface area (Å²) in [6.07, 6.45) is 4.02. The van der Waals surface area contributed by atoms with Gasteiger partial charge in [0.05, 0.1) is 17.2 Å². The minimum Gasteiger partial charge on any atom is -0.339 e. The fourth-order valence-electron chi connectivity index (χ4n) is 3.47. The fourth-order valence-corrected chi connectivity index (χ4v) is 3.47. The number of nitrogens with one attached hydrogen (secondary N) is 2. The van der Waals surface area contributed by atoms with Crippen molar-refractivity contribution in [2.45, 2.75) is 32.6 Å². The topological polar surface area (TPSA) is 61.4 Å². The number of carbonyl (C=O) groups is 2. The van der Waals surface area contributed by atoms with Gasteiger partial charge in [0.1, 0.15) is 0 Å². The molecule has 0 aromatic heterocycles. The van der Waals surface area contributed by atoms with Crippen LogP contribution in [-0.2, 0) is 4.79 Å². The van der Waals surface area contributed by atoms with Gasteiger partial charge in [-0.05, 0) is 50.3 Å². The Morgan fingerprint density at radius 2 is 1.92 bits per heavy atom. The Morgan fingerprint density at radius 1 is 1.17 bits per heavy atom. The molecule has 2 heterocycles. The van der Waals surface area contributed by atoms with Gasteiger partial charge in [0.25, 0.3) is 5.91 Å². The molecule has 0 aliphatic carbocycles. The molecule has 2 amide bonds. The Kier molecular flexibility index (Phi) is 5.51. The van der Waals surface area contributed by atoms with Crippen LogP contribution in [0.4, 0.5) is 5.69 Å². The summed E-state index contributed by atoms with van der Waals surface area (Å²) in [6.45, 7) is 5.52. The zero-order chi connectivity index (χ0) is 16.9. The van der Waals surface area contributed by atoms with Crippen molar-refractivity contribution in [3.63, 3.8) is 0 Å². The summed E-state index contributed by atoms with van der Waals surface area (Å²) in [4.78, 5) is 27.2. The van der Waals surface area contributed by atoms with Crippen LogP contribution >= 0.6 is 0 Å². The second kappa shape index (κ2) is 7.79. The van der Waals surface area contributed by atoms with E-state index in [1.807, 2.05) is 29.2 Å². The van der Waals surface area contributed by atoms with Crippen molar-refractivity contribution >= 4 is 17.5 Å². The lowest BCUT2D eigenvalue weighted by Gasteiger charge is -2.31. The zero-order valence-corrected chi connectivity index (χ0v) is 14.4. The van der Waals surface area contributed by atoms with Crippen molar-refractivity contribution in [1.82, 2.24) is 10.2 Å². The third-order valence-electron chi connectivity index (χ3n) is 5.15. The number of anilines is 1. The van der Waals surface area contributed by atoms with Crippen LogP contribution in [0.15, 0.2) is 24.3 Å². The Morgan fingerprint density at radius 3 is 2.62 bits per heavy atom. The Hall–Kier alpha value is -1.88. The highest BCUT2D eigenvalue weighted by Gasteiger charge is 2.25. The molecule has 2 fully saturated rings. The highest BCUT2D eigenvalue weighted by atomic mass is 16.2. The van der Waals surface area contributed by atoms with E-state index in [0.717, 1.165) is 45.3 Å². The van der Waals surface area contributed by atoms with Crippen LogP contribution in [0.1, 0.15) is 43.0 Å². The SMILES string of the molecule is CC1CCN(C(=O)c2ccccc2NC(=O)C2CCCNC2)CC1. The smallest absolute Gasteiger partial charge is 0.255 e. The normalized spacial score (nSPS) is 22.2. The van der Waals surface area contributed by atoms with Crippen molar-refractivity contribution < 1.29 is 9.59 Å². The molecule has 5 nitrogen and oxygen atoms in total. The standard InChI is InChI=1S/C19H27N3O2/c1-14-8-11-22(12-9-14)19(24)16-6-2-3-7-17(16)21-18(23)15-5-4-10-20-13-15/h2-3,6-7,14-15,20H,4-5,8-13H2,1H3,(H,21,23). The van der Waals surface area contributed by atoms with E-state index in [1.54, 1.807) is 0 Å². The number of likely N-dealkylation sites (tertiary alicyclic amines) is 1. The van der Waals surface area contributed by atoms with E-state index < -0.39 is 0 Å². The molecule has 1 atom stereocenters. The first kappa shape index (κ1) is 17.0. The van der Waals surface area contributed by atoms with Gasteiger partial charge < -0.3 is 15.5 Å². The number of hydrogen-bond donors (Lipinski definition) is 2. The minimum atomic E-state index is -0.0160. The molecule has 1 aromatic carbocycles. The van der Waals surface area contributed by atoms with E-state index in [9.17, 15) is 9.59 Å². The monoisotopic (exact) mass is 329 g/mol. The van der Waals surface area contributed by atoms with Gasteiger partial charge in [-0.3, -0.25) is 9.59 Å². The molecule has 0 bridgehead atoms. The molecule has 5 heteroatoms. The fraction of sp³-hybridized carbons (Fsp3) is 0.579. The molecule has 3 rings (SSSR count). The van der Waals surface area contributed by atoms with E-state index >= 15 is 0 Å². The molecule has 1 unspecified atom stereocenters. The van der Waals surface area contributed by atoms with Gasteiger partial charge in [-0.1, -0.05) is 19.1 Å². The maximum absolute atomic E-state index is 12.8. The summed E-state index contributed by atoms with van der Waals surface area (Å²) in [5, 5.41) is 6.24. The number of piperidine rings is 2. The van der Waals surface area contributed by atoms with E-state index in [0.29, 0.717) is 23.7 Å². The van der Waals surface area contributed by atoms with E-state index in [2.05, 4.69) is 17.6 Å². The van der Waals surface area contributed by atoms with Gasteiger partial charge in [-0.2, -0.15) is 0 Å². The van der Waals surface area contributed by atoms with Gasteiger partial charge in [0, 0.05) is 19.6 Å². The highest BCUT2D eigenvalue weighted by Crippen LogP contribution is 2.23. The Bertz CT molecular complexity index is 588. The number of benzene rings is 1. The molecular weight excluding hydrogens is 302 g/mol. The van der Waals surface area contributed by atoms with Crippen LogP contribution in [0.5, 0.6) is 0 Å². The van der Waals surface area contributed by atoms with Crippen molar-refractivity contribution in [2.24, 2.45) is 11.8 Å². The summed E-state index contributed by atoms with van der Waals surface area (Å²) in [6, 6.07) is 7.37. The second-order valence-electron chi connectivity index (χ2n) is 7.05. The van der Waals surface area contributed by atoms with Crippen LogP contribution in [0.25, 0.3) is 0 Å². The van der Waals surface area contributed by atoms with Crippen molar-refractivity contribution in [1.29, 1.82) is 0 Å². The Labute approximate surface area is 143 Å². The summed E-state index contributed by atoms with van der Waals surface area (Å²) in [5.41, 5.74) is 1.24. The number of nitrogens with zero attached hydrogens (tertiary/aromatic N) is 1. The van der Waals surface area contributed by atoms with Crippen LogP contribution < -0.4 is 10.6 Å². The van der Waals surface area contributed by atoms with Crippen LogP contribution in [0, 0.1) is 11.8 Å². The first-order chi connectivity index (χ1) is 11.6. The predicted octanol–water partition coefficient (Wildman–Crippen LogP) is 2.50. The van der Waals surface area contributed by atoms with Crippen LogP contribution in [0.3, 0.4) is 0 Å².